The van der Waals surface area contributed by atoms with E-state index in [1.54, 1.807) is 0 Å². The molecule has 3 atom stereocenters. The molecule has 3 nitrogen and oxygen atoms in total. The number of rotatable bonds is 7. The van der Waals surface area contributed by atoms with Crippen LogP contribution >= 0.6 is 0 Å². The van der Waals surface area contributed by atoms with E-state index < -0.39 is 0 Å². The molecule has 0 aromatic heterocycles. The van der Waals surface area contributed by atoms with E-state index in [1.165, 1.54) is 5.56 Å². The smallest absolute Gasteiger partial charge is 0.168 e. The Balaban J connectivity index is 1.92. The van der Waals surface area contributed by atoms with Gasteiger partial charge in [-0.3, -0.25) is 9.79 Å². The van der Waals surface area contributed by atoms with Crippen molar-refractivity contribution >= 4 is 17.2 Å². The molecule has 1 aliphatic rings. The van der Waals surface area contributed by atoms with E-state index in [2.05, 4.69) is 57.3 Å². The molecule has 0 radical (unpaired) electrons. The number of carbonyl (C=O) groups excluding carboxylic acids is 1. The monoisotopic (exact) mass is 376 g/mol. The normalized spacial score (nSPS) is 20.5. The Bertz CT molecular complexity index is 825. The standard InChI is InChI=1S/C25H32N2O/c1-17(2)16-26-19(4)24-21(15-14-20-10-6-5-7-11-20)18(3)25(28)22-12-8-9-13-23(22)27-24/h5-13,17-19,21,26H,14-16H2,1-4H3. The number of nitrogens with one attached hydrogen (secondary N) is 1. The predicted octanol–water partition coefficient (Wildman–Crippen LogP) is 5.47. The molecule has 3 heteroatoms. The summed E-state index contributed by atoms with van der Waals surface area (Å²) in [6.45, 7) is 9.62. The van der Waals surface area contributed by atoms with Crippen molar-refractivity contribution in [2.75, 3.05) is 6.54 Å². The minimum absolute atomic E-state index is 0.0746. The molecular formula is C25H32N2O. The highest BCUT2D eigenvalue weighted by molar-refractivity contribution is 6.09. The highest BCUT2D eigenvalue weighted by Gasteiger charge is 2.34. The summed E-state index contributed by atoms with van der Waals surface area (Å²) in [5.74, 6) is 0.843. The molecule has 3 unspecified atom stereocenters. The number of fused-ring (bicyclic) bond motifs is 1. The second kappa shape index (κ2) is 9.29. The zero-order valence-electron chi connectivity index (χ0n) is 17.5. The Morgan fingerprint density at radius 2 is 1.68 bits per heavy atom. The summed E-state index contributed by atoms with van der Waals surface area (Å²) in [6, 6.07) is 18.5. The average Bonchev–Trinajstić information content (AvgIpc) is 2.81. The quantitative estimate of drug-likeness (QED) is 0.696. The molecule has 0 spiro atoms. The van der Waals surface area contributed by atoms with Crippen molar-refractivity contribution in [3.63, 3.8) is 0 Å². The number of nitrogens with zero attached hydrogens (tertiary/aromatic N) is 1. The van der Waals surface area contributed by atoms with Gasteiger partial charge in [-0.2, -0.15) is 0 Å². The van der Waals surface area contributed by atoms with Gasteiger partial charge in [-0.1, -0.05) is 63.2 Å². The number of hydrogen-bond donors (Lipinski definition) is 1. The van der Waals surface area contributed by atoms with E-state index in [-0.39, 0.29) is 23.7 Å². The highest BCUT2D eigenvalue weighted by atomic mass is 16.1. The van der Waals surface area contributed by atoms with Gasteiger partial charge in [0.15, 0.2) is 5.78 Å². The Morgan fingerprint density at radius 1 is 1.00 bits per heavy atom. The van der Waals surface area contributed by atoms with Crippen LogP contribution in [0, 0.1) is 17.8 Å². The van der Waals surface area contributed by atoms with Gasteiger partial charge in [0.25, 0.3) is 0 Å². The lowest BCUT2D eigenvalue weighted by molar-refractivity contribution is 0.0907. The van der Waals surface area contributed by atoms with Crippen LogP contribution in [0.25, 0.3) is 0 Å². The van der Waals surface area contributed by atoms with Crippen LogP contribution in [-0.4, -0.2) is 24.1 Å². The van der Waals surface area contributed by atoms with Crippen molar-refractivity contribution in [3.05, 3.63) is 65.7 Å². The van der Waals surface area contributed by atoms with E-state index in [9.17, 15) is 4.79 Å². The van der Waals surface area contributed by atoms with Gasteiger partial charge in [0.05, 0.1) is 5.69 Å². The number of Topliss-reactive ketones (excluding diaryl/α,β-unsaturated/α-hetero) is 1. The molecule has 0 bridgehead atoms. The van der Waals surface area contributed by atoms with Crippen molar-refractivity contribution in [1.29, 1.82) is 0 Å². The van der Waals surface area contributed by atoms with Crippen molar-refractivity contribution < 1.29 is 4.79 Å². The first-order valence-corrected chi connectivity index (χ1v) is 10.5. The number of aryl methyl sites for hydroxylation is 1. The molecule has 148 valence electrons. The Morgan fingerprint density at radius 3 is 2.39 bits per heavy atom. The van der Waals surface area contributed by atoms with Gasteiger partial charge >= 0.3 is 0 Å². The van der Waals surface area contributed by atoms with Gasteiger partial charge < -0.3 is 5.32 Å². The SMILES string of the molecule is CC(C)CNC(C)C1=Nc2ccccc2C(=O)C(C)C1CCc1ccccc1. The van der Waals surface area contributed by atoms with E-state index in [4.69, 9.17) is 4.99 Å². The molecule has 0 saturated heterocycles. The third-order valence-electron chi connectivity index (χ3n) is 5.68. The number of benzene rings is 2. The van der Waals surface area contributed by atoms with E-state index >= 15 is 0 Å². The summed E-state index contributed by atoms with van der Waals surface area (Å²) in [4.78, 5) is 18.2. The van der Waals surface area contributed by atoms with Gasteiger partial charge in [0, 0.05) is 29.2 Å². The lowest BCUT2D eigenvalue weighted by atomic mass is 9.79. The zero-order chi connectivity index (χ0) is 20.1. The van der Waals surface area contributed by atoms with Crippen LogP contribution in [0.3, 0.4) is 0 Å². The molecule has 3 rings (SSSR count). The maximum atomic E-state index is 13.2. The molecule has 1 aliphatic heterocycles. The van der Waals surface area contributed by atoms with Crippen molar-refractivity contribution in [3.8, 4) is 0 Å². The Hall–Kier alpha value is -2.26. The molecule has 0 aliphatic carbocycles. The molecule has 2 aromatic rings. The minimum Gasteiger partial charge on any atom is -0.309 e. The number of para-hydroxylation sites is 1. The minimum atomic E-state index is -0.0746. The largest absolute Gasteiger partial charge is 0.309 e. The highest BCUT2D eigenvalue weighted by Crippen LogP contribution is 2.34. The van der Waals surface area contributed by atoms with Gasteiger partial charge in [-0.05, 0) is 49.9 Å². The van der Waals surface area contributed by atoms with Crippen LogP contribution in [0.5, 0.6) is 0 Å². The van der Waals surface area contributed by atoms with Crippen LogP contribution < -0.4 is 5.32 Å². The van der Waals surface area contributed by atoms with Gasteiger partial charge in [0.1, 0.15) is 0 Å². The molecule has 1 N–H and O–H groups in total. The summed E-state index contributed by atoms with van der Waals surface area (Å²) in [5, 5.41) is 3.63. The number of carbonyl (C=O) groups is 1. The maximum Gasteiger partial charge on any atom is 0.168 e. The fourth-order valence-corrected chi connectivity index (χ4v) is 3.99. The van der Waals surface area contributed by atoms with Gasteiger partial charge in [-0.15, -0.1) is 0 Å². The third-order valence-corrected chi connectivity index (χ3v) is 5.68. The van der Waals surface area contributed by atoms with Gasteiger partial charge in [0.2, 0.25) is 0 Å². The number of hydrogen-bond acceptors (Lipinski definition) is 3. The zero-order valence-corrected chi connectivity index (χ0v) is 17.5. The topological polar surface area (TPSA) is 41.5 Å². The lowest BCUT2D eigenvalue weighted by Gasteiger charge is -2.28. The van der Waals surface area contributed by atoms with Crippen LogP contribution in [0.2, 0.25) is 0 Å². The molecule has 28 heavy (non-hydrogen) atoms. The first-order chi connectivity index (χ1) is 13.5. The van der Waals surface area contributed by atoms with Crippen molar-refractivity contribution in [2.24, 2.45) is 22.7 Å². The summed E-state index contributed by atoms with van der Waals surface area (Å²) in [5.41, 5.74) is 3.99. The molecule has 2 aromatic carbocycles. The van der Waals surface area contributed by atoms with E-state index in [1.807, 2.05) is 30.3 Å². The summed E-state index contributed by atoms with van der Waals surface area (Å²) in [6.07, 6.45) is 1.88. The first kappa shape index (κ1) is 20.5. The Kier molecular flexibility index (Phi) is 6.79. The lowest BCUT2D eigenvalue weighted by Crippen LogP contribution is -2.42. The maximum absolute atomic E-state index is 13.2. The van der Waals surface area contributed by atoms with Crippen LogP contribution in [0.4, 0.5) is 5.69 Å². The fraction of sp³-hybridized carbons (Fsp3) is 0.440. The van der Waals surface area contributed by atoms with E-state index in [0.29, 0.717) is 5.92 Å². The summed E-state index contributed by atoms with van der Waals surface area (Å²) >= 11 is 0. The summed E-state index contributed by atoms with van der Waals surface area (Å²) in [7, 11) is 0. The Labute approximate surface area is 169 Å². The van der Waals surface area contributed by atoms with Crippen molar-refractivity contribution in [1.82, 2.24) is 5.32 Å². The summed E-state index contributed by atoms with van der Waals surface area (Å²) < 4.78 is 0. The van der Waals surface area contributed by atoms with E-state index in [0.717, 1.165) is 36.3 Å². The molecular weight excluding hydrogens is 344 g/mol. The second-order valence-corrected chi connectivity index (χ2v) is 8.36. The second-order valence-electron chi connectivity index (χ2n) is 8.36. The van der Waals surface area contributed by atoms with Crippen molar-refractivity contribution in [2.45, 2.75) is 46.6 Å². The predicted molar refractivity (Wildman–Crippen MR) is 118 cm³/mol. The molecule has 0 amide bonds. The molecule has 1 heterocycles. The number of aliphatic imine (C=N–C) groups is 1. The molecule has 0 fully saturated rings. The number of ketones is 1. The fourth-order valence-electron chi connectivity index (χ4n) is 3.99. The molecule has 0 saturated carbocycles. The van der Waals surface area contributed by atoms with Crippen LogP contribution in [0.1, 0.15) is 50.0 Å². The third kappa shape index (κ3) is 4.77. The van der Waals surface area contributed by atoms with Crippen LogP contribution in [0.15, 0.2) is 59.6 Å². The first-order valence-electron chi connectivity index (χ1n) is 10.5. The van der Waals surface area contributed by atoms with Gasteiger partial charge in [-0.25, -0.2) is 0 Å². The van der Waals surface area contributed by atoms with Crippen LogP contribution in [-0.2, 0) is 6.42 Å². The average molecular weight is 377 g/mol.